The van der Waals surface area contributed by atoms with Crippen molar-refractivity contribution in [2.45, 2.75) is 25.3 Å². The third-order valence-electron chi connectivity index (χ3n) is 4.84. The molecule has 0 bridgehead atoms. The van der Waals surface area contributed by atoms with E-state index in [-0.39, 0.29) is 11.9 Å². The summed E-state index contributed by atoms with van der Waals surface area (Å²) in [7, 11) is 0. The fraction of sp³-hybridized carbons (Fsp3) is 0.263. The molecule has 0 spiro atoms. The molecule has 26 heavy (non-hydrogen) atoms. The van der Waals surface area contributed by atoms with E-state index in [1.165, 1.54) is 16.2 Å². The Morgan fingerprint density at radius 1 is 1.15 bits per heavy atom. The van der Waals surface area contributed by atoms with Gasteiger partial charge in [0.05, 0.1) is 4.92 Å². The van der Waals surface area contributed by atoms with E-state index in [1.54, 1.807) is 18.2 Å². The largest absolute Gasteiger partial charge is 0.376 e. The van der Waals surface area contributed by atoms with Crippen LogP contribution < -0.4 is 10.5 Å². The van der Waals surface area contributed by atoms with E-state index in [0.717, 1.165) is 19.3 Å². The molecule has 7 nitrogen and oxygen atoms in total. The summed E-state index contributed by atoms with van der Waals surface area (Å²) in [5.74, 6) is 0.185. The zero-order chi connectivity index (χ0) is 18.1. The highest BCUT2D eigenvalue weighted by atomic mass is 16.6. The summed E-state index contributed by atoms with van der Waals surface area (Å²) in [4.78, 5) is 30.1. The van der Waals surface area contributed by atoms with Gasteiger partial charge >= 0.3 is 11.2 Å². The predicted octanol–water partition coefficient (Wildman–Crippen LogP) is 2.81. The first-order chi connectivity index (χ1) is 12.6. The molecule has 0 saturated carbocycles. The van der Waals surface area contributed by atoms with Crippen molar-refractivity contribution < 1.29 is 4.92 Å². The average molecular weight is 350 g/mol. The first-order valence-corrected chi connectivity index (χ1v) is 8.61. The number of aromatic nitrogens is 2. The Kier molecular flexibility index (Phi) is 4.12. The van der Waals surface area contributed by atoms with Crippen molar-refractivity contribution in [3.63, 3.8) is 0 Å². The molecule has 0 amide bonds. The second-order valence-corrected chi connectivity index (χ2v) is 6.45. The van der Waals surface area contributed by atoms with Crippen LogP contribution in [-0.2, 0) is 6.42 Å². The molecule has 0 unspecified atom stereocenters. The first kappa shape index (κ1) is 16.3. The molecule has 1 aliphatic rings. The molecule has 1 aromatic carbocycles. The normalized spacial score (nSPS) is 16.9. The third-order valence-corrected chi connectivity index (χ3v) is 4.84. The van der Waals surface area contributed by atoms with E-state index in [0.29, 0.717) is 12.2 Å². The summed E-state index contributed by atoms with van der Waals surface area (Å²) < 4.78 is 1.23. The highest BCUT2D eigenvalue weighted by Gasteiger charge is 2.34. The maximum absolute atomic E-state index is 12.7. The Morgan fingerprint density at radius 3 is 2.69 bits per heavy atom. The molecule has 3 aromatic rings. The van der Waals surface area contributed by atoms with Crippen molar-refractivity contribution >= 4 is 17.2 Å². The van der Waals surface area contributed by atoms with Gasteiger partial charge in [0.1, 0.15) is 5.65 Å². The van der Waals surface area contributed by atoms with Crippen LogP contribution in [0.1, 0.15) is 18.4 Å². The van der Waals surface area contributed by atoms with Gasteiger partial charge < -0.3 is 4.90 Å². The van der Waals surface area contributed by atoms with E-state index in [2.05, 4.69) is 4.98 Å². The number of hydrogen-bond donors (Lipinski definition) is 0. The Balaban J connectivity index is 1.80. The highest BCUT2D eigenvalue weighted by molar-refractivity contribution is 5.62. The minimum atomic E-state index is -0.638. The second kappa shape index (κ2) is 6.59. The van der Waals surface area contributed by atoms with Crippen LogP contribution in [0, 0.1) is 10.1 Å². The SMILES string of the molecule is O=c1c([N+](=O)[O-])c(N2CCC[C@H]2Cc2ccccc2)nc2ccccn12. The minimum Gasteiger partial charge on any atom is -0.347 e. The van der Waals surface area contributed by atoms with Crippen LogP contribution in [0.3, 0.4) is 0 Å². The number of nitrogens with zero attached hydrogens (tertiary/aromatic N) is 4. The number of benzene rings is 1. The molecule has 7 heteroatoms. The van der Waals surface area contributed by atoms with Gasteiger partial charge in [0.2, 0.25) is 5.82 Å². The fourth-order valence-corrected chi connectivity index (χ4v) is 3.64. The minimum absolute atomic E-state index is 0.0918. The third kappa shape index (κ3) is 2.81. The Morgan fingerprint density at radius 2 is 1.92 bits per heavy atom. The number of fused-ring (bicyclic) bond motifs is 1. The maximum Gasteiger partial charge on any atom is 0.376 e. The maximum atomic E-state index is 12.7. The van der Waals surface area contributed by atoms with Crippen molar-refractivity contribution in [2.75, 3.05) is 11.4 Å². The summed E-state index contributed by atoms with van der Waals surface area (Å²) in [6, 6.07) is 15.2. The van der Waals surface area contributed by atoms with Gasteiger partial charge in [-0.05, 0) is 37.0 Å². The summed E-state index contributed by atoms with van der Waals surface area (Å²) in [6.45, 7) is 0.661. The van der Waals surface area contributed by atoms with Crippen molar-refractivity contribution in [1.82, 2.24) is 9.38 Å². The lowest BCUT2D eigenvalue weighted by Crippen LogP contribution is -2.34. The summed E-state index contributed by atoms with van der Waals surface area (Å²) >= 11 is 0. The molecule has 1 fully saturated rings. The predicted molar refractivity (Wildman–Crippen MR) is 98.6 cm³/mol. The molecule has 0 radical (unpaired) electrons. The molecular formula is C19H18N4O3. The molecule has 2 aromatic heterocycles. The van der Waals surface area contributed by atoms with Crippen LogP contribution in [0.25, 0.3) is 5.65 Å². The van der Waals surface area contributed by atoms with E-state index in [9.17, 15) is 14.9 Å². The molecule has 1 saturated heterocycles. The van der Waals surface area contributed by atoms with E-state index >= 15 is 0 Å². The lowest BCUT2D eigenvalue weighted by atomic mass is 10.0. The van der Waals surface area contributed by atoms with Gasteiger partial charge in [0.15, 0.2) is 0 Å². The highest BCUT2D eigenvalue weighted by Crippen LogP contribution is 2.31. The van der Waals surface area contributed by atoms with Crippen molar-refractivity contribution in [3.8, 4) is 0 Å². The second-order valence-electron chi connectivity index (χ2n) is 6.45. The van der Waals surface area contributed by atoms with E-state index in [4.69, 9.17) is 0 Å². The van der Waals surface area contributed by atoms with Gasteiger partial charge in [-0.2, -0.15) is 0 Å². The number of rotatable bonds is 4. The first-order valence-electron chi connectivity index (χ1n) is 8.61. The molecule has 4 rings (SSSR count). The van der Waals surface area contributed by atoms with Crippen molar-refractivity contribution in [3.05, 3.63) is 80.8 Å². The molecule has 1 atom stereocenters. The number of nitro groups is 1. The van der Waals surface area contributed by atoms with Crippen LogP contribution in [0.5, 0.6) is 0 Å². The Bertz CT molecular complexity index is 1020. The monoisotopic (exact) mass is 350 g/mol. The summed E-state index contributed by atoms with van der Waals surface area (Å²) in [5, 5.41) is 11.6. The lowest BCUT2D eigenvalue weighted by Gasteiger charge is -2.25. The number of pyridine rings is 1. The Labute approximate surface area is 149 Å². The van der Waals surface area contributed by atoms with Crippen molar-refractivity contribution in [2.24, 2.45) is 0 Å². The van der Waals surface area contributed by atoms with Gasteiger partial charge in [0, 0.05) is 18.8 Å². The van der Waals surface area contributed by atoms with Crippen LogP contribution in [0.4, 0.5) is 11.5 Å². The number of hydrogen-bond acceptors (Lipinski definition) is 5. The Hall–Kier alpha value is -3.22. The van der Waals surface area contributed by atoms with Gasteiger partial charge in [0.25, 0.3) is 0 Å². The molecule has 0 aliphatic carbocycles. The smallest absolute Gasteiger partial charge is 0.347 e. The lowest BCUT2D eigenvalue weighted by molar-refractivity contribution is -0.385. The van der Waals surface area contributed by atoms with Crippen LogP contribution in [0.15, 0.2) is 59.5 Å². The summed E-state index contributed by atoms with van der Waals surface area (Å²) in [6.07, 6.45) is 4.12. The zero-order valence-electron chi connectivity index (χ0n) is 14.1. The standard InChI is InChI=1S/C19H18N4O3/c24-19-17(23(25)26)18(20-16-10-4-5-11-22(16)19)21-12-6-9-15(21)13-14-7-2-1-3-8-14/h1-5,7-8,10-11,15H,6,9,12-13H2/t15-/m0/s1. The molecule has 0 N–H and O–H groups in total. The van der Waals surface area contributed by atoms with E-state index in [1.807, 2.05) is 35.2 Å². The molecule has 3 heterocycles. The molecular weight excluding hydrogens is 332 g/mol. The van der Waals surface area contributed by atoms with Crippen LogP contribution >= 0.6 is 0 Å². The average Bonchev–Trinajstić information content (AvgIpc) is 3.10. The zero-order valence-corrected chi connectivity index (χ0v) is 14.1. The van der Waals surface area contributed by atoms with Gasteiger partial charge in [-0.3, -0.25) is 19.3 Å². The van der Waals surface area contributed by atoms with Gasteiger partial charge in [-0.1, -0.05) is 36.4 Å². The van der Waals surface area contributed by atoms with Crippen LogP contribution in [0.2, 0.25) is 0 Å². The van der Waals surface area contributed by atoms with Crippen LogP contribution in [-0.4, -0.2) is 26.9 Å². The summed E-state index contributed by atoms with van der Waals surface area (Å²) in [5.41, 5.74) is 0.502. The van der Waals surface area contributed by atoms with E-state index < -0.39 is 16.2 Å². The van der Waals surface area contributed by atoms with Gasteiger partial charge in [-0.25, -0.2) is 4.98 Å². The quantitative estimate of drug-likeness (QED) is 0.534. The van der Waals surface area contributed by atoms with Crippen molar-refractivity contribution in [1.29, 1.82) is 0 Å². The molecule has 132 valence electrons. The van der Waals surface area contributed by atoms with Gasteiger partial charge in [-0.15, -0.1) is 0 Å². The topological polar surface area (TPSA) is 80.8 Å². The molecule has 1 aliphatic heterocycles. The number of anilines is 1. The fourth-order valence-electron chi connectivity index (χ4n) is 3.64.